The molecule has 9 nitrogen and oxygen atoms in total. The first-order valence-corrected chi connectivity index (χ1v) is 11.8. The molecule has 10 heteroatoms. The number of carbonyl (C=O) groups excluding carboxylic acids is 2. The summed E-state index contributed by atoms with van der Waals surface area (Å²) in [5, 5.41) is 2.66. The van der Waals surface area contributed by atoms with E-state index in [9.17, 15) is 18.0 Å². The van der Waals surface area contributed by atoms with Crippen LogP contribution in [0.15, 0.2) is 40.3 Å². The van der Waals surface area contributed by atoms with Crippen LogP contribution >= 0.6 is 0 Å². The molecule has 1 saturated heterocycles. The molecule has 168 valence electrons. The Balaban J connectivity index is 1.70. The van der Waals surface area contributed by atoms with Crippen LogP contribution in [0.25, 0.3) is 4.91 Å². The summed E-state index contributed by atoms with van der Waals surface area (Å²) in [4.78, 5) is 28.1. The third kappa shape index (κ3) is 5.07. The average Bonchev–Trinajstić information content (AvgIpc) is 2.89. The van der Waals surface area contributed by atoms with Gasteiger partial charge in [-0.1, -0.05) is 30.3 Å². The lowest BCUT2D eigenvalue weighted by Gasteiger charge is -2.24. The van der Waals surface area contributed by atoms with E-state index >= 15 is 0 Å². The van der Waals surface area contributed by atoms with Crippen LogP contribution in [-0.2, 0) is 19.6 Å². The minimum absolute atomic E-state index is 0.227. The summed E-state index contributed by atoms with van der Waals surface area (Å²) in [6.45, 7) is 7.20. The number of amidine groups is 1. The van der Waals surface area contributed by atoms with Gasteiger partial charge in [-0.2, -0.15) is 8.42 Å². The number of esters is 1. The van der Waals surface area contributed by atoms with Gasteiger partial charge in [0.15, 0.2) is 0 Å². The predicted molar refractivity (Wildman–Crippen MR) is 118 cm³/mol. The maximum Gasteiger partial charge on any atom is 0.328 e. The van der Waals surface area contributed by atoms with Crippen LogP contribution in [-0.4, -0.2) is 74.9 Å². The molecule has 1 N–H and O–H groups in total. The van der Waals surface area contributed by atoms with E-state index in [1.54, 1.807) is 49.9 Å². The first-order valence-electron chi connectivity index (χ1n) is 10.3. The van der Waals surface area contributed by atoms with Crippen LogP contribution in [0.5, 0.6) is 0 Å². The Labute approximate surface area is 182 Å². The van der Waals surface area contributed by atoms with E-state index in [4.69, 9.17) is 4.74 Å². The standard InChI is InChI=1S/C21H28N4O5S/c1-4-30-20(26)16(3)22-21(27)25-12-8-11-24(13-14-25)19-15(2)18(31(28,29)23-19)17-9-6-5-7-10-17/h5-7,9-10,16H,4,8,11-14H2,1-3H3,(H,22,27)/t16-/m1/s1. The van der Waals surface area contributed by atoms with Gasteiger partial charge in [0.05, 0.1) is 6.61 Å². The Morgan fingerprint density at radius 1 is 1.16 bits per heavy atom. The number of benzene rings is 1. The van der Waals surface area contributed by atoms with Gasteiger partial charge in [0.25, 0.3) is 10.0 Å². The van der Waals surface area contributed by atoms with Gasteiger partial charge in [-0.25, -0.2) is 9.59 Å². The maximum absolute atomic E-state index is 12.7. The highest BCUT2D eigenvalue weighted by Crippen LogP contribution is 2.33. The first-order chi connectivity index (χ1) is 14.7. The average molecular weight is 449 g/mol. The molecule has 1 aromatic carbocycles. The van der Waals surface area contributed by atoms with Crippen molar-refractivity contribution in [1.29, 1.82) is 0 Å². The molecule has 0 aromatic heterocycles. The number of carbonyl (C=O) groups is 2. The molecule has 1 fully saturated rings. The summed E-state index contributed by atoms with van der Waals surface area (Å²) >= 11 is 0. The molecule has 2 aliphatic heterocycles. The molecular weight excluding hydrogens is 420 g/mol. The summed E-state index contributed by atoms with van der Waals surface area (Å²) in [5.41, 5.74) is 1.22. The maximum atomic E-state index is 12.7. The highest BCUT2D eigenvalue weighted by atomic mass is 32.2. The molecule has 1 atom stereocenters. The normalized spacial score (nSPS) is 19.5. The van der Waals surface area contributed by atoms with Crippen LogP contribution in [0, 0.1) is 0 Å². The summed E-state index contributed by atoms with van der Waals surface area (Å²) < 4.78 is 34.4. The number of urea groups is 1. The monoisotopic (exact) mass is 448 g/mol. The van der Waals surface area contributed by atoms with Crippen molar-refractivity contribution in [2.45, 2.75) is 33.2 Å². The number of hydrogen-bond donors (Lipinski definition) is 1. The molecule has 0 bridgehead atoms. The van der Waals surface area contributed by atoms with Crippen LogP contribution in [0.3, 0.4) is 0 Å². The number of ether oxygens (including phenoxy) is 1. The fraction of sp³-hybridized carbons (Fsp3) is 0.476. The van der Waals surface area contributed by atoms with Gasteiger partial charge in [-0.3, -0.25) is 0 Å². The number of rotatable bonds is 4. The van der Waals surface area contributed by atoms with Gasteiger partial charge >= 0.3 is 12.0 Å². The predicted octanol–water partition coefficient (Wildman–Crippen LogP) is 1.83. The second-order valence-electron chi connectivity index (χ2n) is 7.46. The Morgan fingerprint density at radius 2 is 1.87 bits per heavy atom. The van der Waals surface area contributed by atoms with E-state index in [1.807, 2.05) is 11.0 Å². The Bertz CT molecular complexity index is 1000. The second kappa shape index (κ2) is 9.51. The van der Waals surface area contributed by atoms with Crippen LogP contribution in [0.1, 0.15) is 32.8 Å². The summed E-state index contributed by atoms with van der Waals surface area (Å²) in [7, 11) is -3.78. The molecule has 2 heterocycles. The number of nitrogens with zero attached hydrogens (tertiary/aromatic N) is 3. The van der Waals surface area contributed by atoms with Gasteiger partial charge in [0.2, 0.25) is 0 Å². The van der Waals surface area contributed by atoms with Crippen molar-refractivity contribution in [3.8, 4) is 0 Å². The minimum Gasteiger partial charge on any atom is -0.464 e. The lowest BCUT2D eigenvalue weighted by Crippen LogP contribution is -2.48. The smallest absolute Gasteiger partial charge is 0.328 e. The van der Waals surface area contributed by atoms with Crippen LogP contribution < -0.4 is 5.32 Å². The topological polar surface area (TPSA) is 108 Å². The van der Waals surface area contributed by atoms with E-state index in [2.05, 4.69) is 9.71 Å². The van der Waals surface area contributed by atoms with E-state index in [0.717, 1.165) is 0 Å². The number of nitrogens with one attached hydrogen (secondary N) is 1. The highest BCUT2D eigenvalue weighted by Gasteiger charge is 2.34. The van der Waals surface area contributed by atoms with Gasteiger partial charge in [0.1, 0.15) is 16.8 Å². The Kier molecular flexibility index (Phi) is 6.99. The largest absolute Gasteiger partial charge is 0.464 e. The van der Waals surface area contributed by atoms with Crippen molar-refractivity contribution in [3.05, 3.63) is 41.5 Å². The zero-order valence-corrected chi connectivity index (χ0v) is 18.8. The third-order valence-electron chi connectivity index (χ3n) is 5.24. The number of amides is 2. The third-order valence-corrected chi connectivity index (χ3v) is 6.71. The zero-order valence-electron chi connectivity index (χ0n) is 18.0. The van der Waals surface area contributed by atoms with Crippen molar-refractivity contribution in [2.24, 2.45) is 4.40 Å². The lowest BCUT2D eigenvalue weighted by atomic mass is 10.1. The van der Waals surface area contributed by atoms with Crippen molar-refractivity contribution in [1.82, 2.24) is 15.1 Å². The SMILES string of the molecule is CCOC(=O)[C@@H](C)NC(=O)N1CCCN(C2=NS(=O)(=O)C(c3ccccc3)=C2C)CC1. The van der Waals surface area contributed by atoms with Gasteiger partial charge in [-0.15, -0.1) is 4.40 Å². The highest BCUT2D eigenvalue weighted by molar-refractivity contribution is 8.00. The second-order valence-corrected chi connectivity index (χ2v) is 9.00. The molecule has 0 radical (unpaired) electrons. The van der Waals surface area contributed by atoms with Crippen molar-refractivity contribution in [2.75, 3.05) is 32.8 Å². The molecule has 3 rings (SSSR count). The van der Waals surface area contributed by atoms with Gasteiger partial charge < -0.3 is 19.9 Å². The van der Waals surface area contributed by atoms with Gasteiger partial charge in [0, 0.05) is 31.8 Å². The van der Waals surface area contributed by atoms with E-state index in [-0.39, 0.29) is 17.5 Å². The van der Waals surface area contributed by atoms with E-state index < -0.39 is 22.0 Å². The summed E-state index contributed by atoms with van der Waals surface area (Å²) in [5.74, 6) is -0.0481. The van der Waals surface area contributed by atoms with Crippen molar-refractivity contribution in [3.63, 3.8) is 0 Å². The molecule has 2 amide bonds. The molecule has 0 spiro atoms. The molecule has 0 aliphatic carbocycles. The van der Waals surface area contributed by atoms with Gasteiger partial charge in [-0.05, 0) is 32.8 Å². The Morgan fingerprint density at radius 3 is 2.55 bits per heavy atom. The molecular formula is C21H28N4O5S. The van der Waals surface area contributed by atoms with E-state index in [0.29, 0.717) is 49.6 Å². The first kappa shape index (κ1) is 22.8. The minimum atomic E-state index is -3.78. The van der Waals surface area contributed by atoms with Crippen LogP contribution in [0.2, 0.25) is 0 Å². The van der Waals surface area contributed by atoms with E-state index in [1.165, 1.54) is 0 Å². The number of hydrogen-bond acceptors (Lipinski definition) is 6. The molecule has 1 aromatic rings. The van der Waals surface area contributed by atoms with Crippen molar-refractivity contribution < 1.29 is 22.7 Å². The summed E-state index contributed by atoms with van der Waals surface area (Å²) in [6, 6.07) is 7.85. The summed E-state index contributed by atoms with van der Waals surface area (Å²) in [6.07, 6.45) is 0.647. The molecule has 0 saturated carbocycles. The molecule has 31 heavy (non-hydrogen) atoms. The van der Waals surface area contributed by atoms with Crippen molar-refractivity contribution >= 4 is 32.8 Å². The fourth-order valence-electron chi connectivity index (χ4n) is 3.71. The Hall–Kier alpha value is -2.88. The number of sulfonamides is 1. The fourth-order valence-corrected chi connectivity index (χ4v) is 5.19. The molecule has 2 aliphatic rings. The zero-order chi connectivity index (χ0) is 22.6. The molecule has 0 unspecified atom stereocenters. The lowest BCUT2D eigenvalue weighted by molar-refractivity contribution is -0.144. The quantitative estimate of drug-likeness (QED) is 0.704. The van der Waals surface area contributed by atoms with Crippen LogP contribution in [0.4, 0.5) is 4.79 Å².